The van der Waals surface area contributed by atoms with E-state index >= 15 is 0 Å². The molecule has 2 aromatic rings. The molecule has 2 rings (SSSR count). The van der Waals surface area contributed by atoms with Crippen LogP contribution in [0, 0.1) is 19.8 Å². The van der Waals surface area contributed by atoms with E-state index in [0.717, 1.165) is 54.8 Å². The highest BCUT2D eigenvalue weighted by molar-refractivity contribution is 5.90. The van der Waals surface area contributed by atoms with Gasteiger partial charge in [0.25, 0.3) is 0 Å². The summed E-state index contributed by atoms with van der Waals surface area (Å²) in [5.74, 6) is 0.153. The van der Waals surface area contributed by atoms with Gasteiger partial charge in [-0.05, 0) is 107 Å². The number of nitrogens with zero attached hydrogens (tertiary/aromatic N) is 1. The second-order valence-corrected chi connectivity index (χ2v) is 9.82. The minimum atomic E-state index is -0.912. The molecule has 240 valence electrons. The van der Waals surface area contributed by atoms with Gasteiger partial charge in [0.1, 0.15) is 5.76 Å². The van der Waals surface area contributed by atoms with Gasteiger partial charge in [0.2, 0.25) is 0 Å². The van der Waals surface area contributed by atoms with Gasteiger partial charge in [0.15, 0.2) is 0 Å². The molecule has 2 aromatic carbocycles. The van der Waals surface area contributed by atoms with Crippen LogP contribution in [-0.2, 0) is 17.6 Å². The van der Waals surface area contributed by atoms with Gasteiger partial charge in [-0.2, -0.15) is 0 Å². The normalized spacial score (nSPS) is 11.0. The number of aromatic carboxylic acids is 1. The van der Waals surface area contributed by atoms with Crippen LogP contribution in [-0.4, -0.2) is 23.9 Å². The summed E-state index contributed by atoms with van der Waals surface area (Å²) in [5.41, 5.74) is 8.53. The molecule has 0 aliphatic rings. The number of methoxy groups -OCH3 is 1. The van der Waals surface area contributed by atoms with Crippen LogP contribution < -0.4 is 0 Å². The average molecular weight is 592 g/mol. The second kappa shape index (κ2) is 28.5. The van der Waals surface area contributed by atoms with Crippen molar-refractivity contribution >= 4 is 17.4 Å². The molecule has 0 aromatic heterocycles. The number of aliphatic imine (C=N–C) groups is 1. The van der Waals surface area contributed by atoms with Crippen LogP contribution in [0.5, 0.6) is 0 Å². The molecule has 0 unspecified atom stereocenters. The van der Waals surface area contributed by atoms with Crippen LogP contribution in [0.15, 0.2) is 70.4 Å². The van der Waals surface area contributed by atoms with Gasteiger partial charge >= 0.3 is 5.97 Å². The van der Waals surface area contributed by atoms with E-state index in [1.807, 2.05) is 34.6 Å². The third-order valence-corrected chi connectivity index (χ3v) is 6.51. The second-order valence-electron chi connectivity index (χ2n) is 9.82. The molecule has 0 radical (unpaired) electrons. The van der Waals surface area contributed by atoms with Gasteiger partial charge in [-0.25, -0.2) is 4.79 Å². The van der Waals surface area contributed by atoms with Crippen molar-refractivity contribution in [2.75, 3.05) is 7.11 Å². The largest absolute Gasteiger partial charge is 0.497 e. The first-order chi connectivity index (χ1) is 20.6. The smallest absolute Gasteiger partial charge is 0.335 e. The summed E-state index contributed by atoms with van der Waals surface area (Å²) in [4.78, 5) is 15.3. The number of carboxylic acids is 1. The Labute approximate surface area is 265 Å². The topological polar surface area (TPSA) is 58.9 Å². The highest BCUT2D eigenvalue weighted by atomic mass is 16.5. The minimum Gasteiger partial charge on any atom is -0.497 e. The molecule has 0 spiro atoms. The standard InChI is InChI=1S/C13H17NO2.C12H22O.C10H14.C2H6.C2H2/c1-4-5-10(3)14-12-8-11(13(15)16)7-6-9(12)2;1-6-8-9-11(4)12(13-5)10(3)7-2;1-3-9-5-7-10(4-2)8-6-9;2*1-2/h6-8H,4-5H2,1-3H3,(H,15,16);7H,6,8-9H2,1-5H3;5-8H,3-4H2,1-2H3;1-2H3;1-2H/b;10-7-,12-11+;;;. The van der Waals surface area contributed by atoms with E-state index in [2.05, 4.69) is 89.7 Å². The highest BCUT2D eigenvalue weighted by Gasteiger charge is 2.06. The fourth-order valence-corrected chi connectivity index (χ4v) is 3.86. The van der Waals surface area contributed by atoms with E-state index in [0.29, 0.717) is 0 Å². The maximum Gasteiger partial charge on any atom is 0.335 e. The summed E-state index contributed by atoms with van der Waals surface area (Å²) in [5, 5.41) is 8.89. The van der Waals surface area contributed by atoms with Crippen LogP contribution >= 0.6 is 0 Å². The molecule has 43 heavy (non-hydrogen) atoms. The van der Waals surface area contributed by atoms with Crippen LogP contribution in [0.1, 0.15) is 128 Å². The first kappa shape index (κ1) is 43.9. The Morgan fingerprint density at radius 2 is 1.40 bits per heavy atom. The monoisotopic (exact) mass is 591 g/mol. The Balaban J connectivity index is -0.000000538. The molecule has 0 fully saturated rings. The van der Waals surface area contributed by atoms with E-state index in [1.54, 1.807) is 25.3 Å². The van der Waals surface area contributed by atoms with Gasteiger partial charge in [0, 0.05) is 5.71 Å². The third kappa shape index (κ3) is 20.0. The first-order valence-corrected chi connectivity index (χ1v) is 15.7. The summed E-state index contributed by atoms with van der Waals surface area (Å²) in [6.07, 6.45) is 18.0. The maximum absolute atomic E-state index is 10.8. The number of ether oxygens (including phenoxy) is 1. The van der Waals surface area contributed by atoms with Crippen molar-refractivity contribution in [2.24, 2.45) is 4.99 Å². The van der Waals surface area contributed by atoms with E-state index in [-0.39, 0.29) is 5.56 Å². The minimum absolute atomic E-state index is 0.286. The quantitative estimate of drug-likeness (QED) is 0.122. The molecule has 0 aliphatic carbocycles. The number of hydrogen-bond donors (Lipinski definition) is 1. The lowest BCUT2D eigenvalue weighted by Gasteiger charge is -2.11. The van der Waals surface area contributed by atoms with Gasteiger partial charge in [-0.15, -0.1) is 12.8 Å². The molecule has 0 saturated carbocycles. The van der Waals surface area contributed by atoms with Crippen molar-refractivity contribution in [3.63, 3.8) is 0 Å². The van der Waals surface area contributed by atoms with Gasteiger partial charge < -0.3 is 9.84 Å². The van der Waals surface area contributed by atoms with Crippen LogP contribution in [0.2, 0.25) is 0 Å². The van der Waals surface area contributed by atoms with Crippen LogP contribution in [0.3, 0.4) is 0 Å². The molecule has 0 aliphatic heterocycles. The Kier molecular flexibility index (Phi) is 29.1. The summed E-state index contributed by atoms with van der Waals surface area (Å²) in [7, 11) is 1.75. The number of unbranched alkanes of at least 4 members (excludes halogenated alkanes) is 1. The van der Waals surface area contributed by atoms with E-state index in [4.69, 9.17) is 9.84 Å². The number of aryl methyl sites for hydroxylation is 3. The number of carboxylic acid groups (broad SMARTS) is 1. The summed E-state index contributed by atoms with van der Waals surface area (Å²) < 4.78 is 5.37. The highest BCUT2D eigenvalue weighted by Crippen LogP contribution is 2.21. The molecule has 4 nitrogen and oxygen atoms in total. The third-order valence-electron chi connectivity index (χ3n) is 6.51. The number of allylic oxidation sites excluding steroid dienone is 3. The lowest BCUT2D eigenvalue weighted by Crippen LogP contribution is -1.96. The zero-order chi connectivity index (χ0) is 33.8. The zero-order valence-corrected chi connectivity index (χ0v) is 29.4. The molecular weight excluding hydrogens is 530 g/mol. The van der Waals surface area contributed by atoms with Gasteiger partial charge in [-0.3, -0.25) is 4.99 Å². The molecule has 0 atom stereocenters. The molecule has 0 saturated heterocycles. The number of terminal acetylenes is 1. The number of carbonyl (C=O) groups is 1. The SMILES string of the molecule is C#C.C/C=C(C)\C(OC)=C(\C)CCCC.CC.CCCC(C)=Nc1cc(C(=O)O)ccc1C.CCc1ccc(CC)cc1. The van der Waals surface area contributed by atoms with Crippen LogP contribution in [0.4, 0.5) is 5.69 Å². The Bertz CT molecular complexity index is 1100. The van der Waals surface area contributed by atoms with E-state index < -0.39 is 5.97 Å². The predicted molar refractivity (Wildman–Crippen MR) is 191 cm³/mol. The molecule has 0 heterocycles. The number of rotatable bonds is 11. The van der Waals surface area contributed by atoms with Gasteiger partial charge in [0.05, 0.1) is 18.4 Å². The van der Waals surface area contributed by atoms with Crippen molar-refractivity contribution in [1.82, 2.24) is 0 Å². The van der Waals surface area contributed by atoms with Crippen molar-refractivity contribution in [3.05, 3.63) is 87.7 Å². The molecule has 0 amide bonds. The number of benzene rings is 2. The molecule has 0 bridgehead atoms. The summed E-state index contributed by atoms with van der Waals surface area (Å²) in [6, 6.07) is 13.8. The zero-order valence-electron chi connectivity index (χ0n) is 29.4. The first-order valence-electron chi connectivity index (χ1n) is 15.7. The van der Waals surface area contributed by atoms with Crippen molar-refractivity contribution < 1.29 is 14.6 Å². The lowest BCUT2D eigenvalue weighted by atomic mass is 10.1. The predicted octanol–water partition coefficient (Wildman–Crippen LogP) is 11.7. The summed E-state index contributed by atoms with van der Waals surface area (Å²) >= 11 is 0. The molecule has 1 N–H and O–H groups in total. The fourth-order valence-electron chi connectivity index (χ4n) is 3.86. The average Bonchev–Trinajstić information content (AvgIpc) is 3.03. The van der Waals surface area contributed by atoms with Crippen LogP contribution in [0.25, 0.3) is 0 Å². The number of hydrogen-bond acceptors (Lipinski definition) is 3. The van der Waals surface area contributed by atoms with Crippen molar-refractivity contribution in [2.45, 2.75) is 121 Å². The lowest BCUT2D eigenvalue weighted by molar-refractivity contribution is 0.0697. The Hall–Kier alpha value is -3.58. The Morgan fingerprint density at radius 3 is 1.77 bits per heavy atom. The van der Waals surface area contributed by atoms with Crippen molar-refractivity contribution in [1.29, 1.82) is 0 Å². The van der Waals surface area contributed by atoms with Crippen molar-refractivity contribution in [3.8, 4) is 12.8 Å². The molecular formula is C39H61NO3. The van der Waals surface area contributed by atoms with E-state index in [9.17, 15) is 4.79 Å². The maximum atomic E-state index is 10.8. The fraction of sp³-hybridized carbons (Fsp3) is 0.487. The molecule has 4 heteroatoms. The van der Waals surface area contributed by atoms with Gasteiger partial charge in [-0.1, -0.05) is 90.8 Å². The Morgan fingerprint density at radius 1 is 0.884 bits per heavy atom. The summed E-state index contributed by atoms with van der Waals surface area (Å²) in [6.45, 7) is 22.9. The van der Waals surface area contributed by atoms with E-state index in [1.165, 1.54) is 35.1 Å².